The molecule has 0 unspecified atom stereocenters. The second kappa shape index (κ2) is 6.40. The molecule has 1 atom stereocenters. The normalized spacial score (nSPS) is 20.6. The van der Waals surface area contributed by atoms with Gasteiger partial charge in [0.05, 0.1) is 0 Å². The molecule has 1 fully saturated rings. The molecule has 1 heterocycles. The van der Waals surface area contributed by atoms with Crippen molar-refractivity contribution in [1.82, 2.24) is 15.1 Å². The minimum absolute atomic E-state index is 0.228. The fourth-order valence-electron chi connectivity index (χ4n) is 2.73. The largest absolute Gasteiger partial charge is 0.342 e. The SMILES string of the molecule is CCN(CC)C(=O)CN1C(=O)N[C@@](C)(c2ccc(C)cc2)C1=O. The molecule has 2 rings (SSSR count). The molecule has 0 spiro atoms. The molecule has 0 aliphatic carbocycles. The molecular weight excluding hydrogens is 294 g/mol. The maximum Gasteiger partial charge on any atom is 0.325 e. The first-order valence-electron chi connectivity index (χ1n) is 7.82. The van der Waals surface area contributed by atoms with E-state index in [0.717, 1.165) is 10.5 Å². The van der Waals surface area contributed by atoms with Crippen LogP contribution in [0.4, 0.5) is 4.79 Å². The van der Waals surface area contributed by atoms with Gasteiger partial charge in [-0.15, -0.1) is 0 Å². The Bertz CT molecular complexity index is 622. The van der Waals surface area contributed by atoms with Crippen molar-refractivity contribution in [1.29, 1.82) is 0 Å². The Hall–Kier alpha value is -2.37. The lowest BCUT2D eigenvalue weighted by molar-refractivity contribution is -0.138. The maximum atomic E-state index is 12.7. The van der Waals surface area contributed by atoms with E-state index < -0.39 is 17.5 Å². The summed E-state index contributed by atoms with van der Waals surface area (Å²) in [6.45, 7) is 8.22. The van der Waals surface area contributed by atoms with E-state index in [1.165, 1.54) is 0 Å². The number of nitrogens with zero attached hydrogens (tertiary/aromatic N) is 2. The predicted octanol–water partition coefficient (Wildman–Crippen LogP) is 1.63. The minimum atomic E-state index is -1.13. The number of imide groups is 1. The number of carbonyl (C=O) groups is 3. The topological polar surface area (TPSA) is 69.7 Å². The number of benzene rings is 1. The zero-order chi connectivity index (χ0) is 17.2. The van der Waals surface area contributed by atoms with Crippen LogP contribution in [0.15, 0.2) is 24.3 Å². The molecule has 1 saturated heterocycles. The second-order valence-electron chi connectivity index (χ2n) is 5.88. The van der Waals surface area contributed by atoms with Crippen LogP contribution in [0.2, 0.25) is 0 Å². The van der Waals surface area contributed by atoms with Gasteiger partial charge in [0.1, 0.15) is 12.1 Å². The monoisotopic (exact) mass is 317 g/mol. The highest BCUT2D eigenvalue weighted by molar-refractivity contribution is 6.09. The van der Waals surface area contributed by atoms with Gasteiger partial charge in [0.15, 0.2) is 0 Å². The molecule has 1 N–H and O–H groups in total. The summed E-state index contributed by atoms with van der Waals surface area (Å²) in [5, 5.41) is 2.71. The van der Waals surface area contributed by atoms with Gasteiger partial charge in [-0.1, -0.05) is 29.8 Å². The first kappa shape index (κ1) is 17.0. The lowest BCUT2D eigenvalue weighted by Gasteiger charge is -2.24. The fourth-order valence-corrected chi connectivity index (χ4v) is 2.73. The molecule has 0 bridgehead atoms. The summed E-state index contributed by atoms with van der Waals surface area (Å²) in [4.78, 5) is 39.7. The summed E-state index contributed by atoms with van der Waals surface area (Å²) in [6, 6.07) is 6.90. The number of hydrogen-bond acceptors (Lipinski definition) is 3. The minimum Gasteiger partial charge on any atom is -0.342 e. The third kappa shape index (κ3) is 3.06. The molecule has 1 aromatic carbocycles. The Morgan fingerprint density at radius 2 is 1.74 bits per heavy atom. The number of urea groups is 1. The van der Waals surface area contributed by atoms with Crippen molar-refractivity contribution >= 4 is 17.8 Å². The van der Waals surface area contributed by atoms with Crippen LogP contribution >= 0.6 is 0 Å². The molecule has 1 aliphatic rings. The van der Waals surface area contributed by atoms with Gasteiger partial charge in [0.2, 0.25) is 5.91 Å². The van der Waals surface area contributed by atoms with Gasteiger partial charge in [-0.25, -0.2) is 4.79 Å². The van der Waals surface area contributed by atoms with Gasteiger partial charge in [-0.2, -0.15) is 0 Å². The molecule has 6 nitrogen and oxygen atoms in total. The molecule has 1 aliphatic heterocycles. The van der Waals surface area contributed by atoms with Crippen LogP contribution in [0, 0.1) is 6.92 Å². The summed E-state index contributed by atoms with van der Waals surface area (Å²) in [5.74, 6) is -0.626. The number of hydrogen-bond donors (Lipinski definition) is 1. The van der Waals surface area contributed by atoms with E-state index in [4.69, 9.17) is 0 Å². The Labute approximate surface area is 136 Å². The first-order chi connectivity index (χ1) is 10.8. The van der Waals surface area contributed by atoms with Crippen LogP contribution < -0.4 is 5.32 Å². The Kier molecular flexibility index (Phi) is 4.73. The number of rotatable bonds is 5. The highest BCUT2D eigenvalue weighted by Crippen LogP contribution is 2.28. The average molecular weight is 317 g/mol. The number of likely N-dealkylation sites (N-methyl/N-ethyl adjacent to an activating group) is 1. The van der Waals surface area contributed by atoms with Crippen molar-refractivity contribution in [3.05, 3.63) is 35.4 Å². The predicted molar refractivity (Wildman–Crippen MR) is 86.7 cm³/mol. The van der Waals surface area contributed by atoms with Gasteiger partial charge in [0.25, 0.3) is 5.91 Å². The van der Waals surface area contributed by atoms with Crippen molar-refractivity contribution in [2.75, 3.05) is 19.6 Å². The number of amides is 4. The molecule has 124 valence electrons. The summed E-state index contributed by atoms with van der Waals surface area (Å²) in [7, 11) is 0. The number of carbonyl (C=O) groups excluding carboxylic acids is 3. The third-order valence-corrected chi connectivity index (χ3v) is 4.31. The van der Waals surface area contributed by atoms with Gasteiger partial charge in [0, 0.05) is 13.1 Å². The van der Waals surface area contributed by atoms with Crippen molar-refractivity contribution in [2.24, 2.45) is 0 Å². The Morgan fingerprint density at radius 1 is 1.17 bits per heavy atom. The molecule has 6 heteroatoms. The lowest BCUT2D eigenvalue weighted by Crippen LogP contribution is -2.44. The van der Waals surface area contributed by atoms with E-state index in [2.05, 4.69) is 5.32 Å². The summed E-state index contributed by atoms with van der Waals surface area (Å²) in [5.41, 5.74) is 0.649. The summed E-state index contributed by atoms with van der Waals surface area (Å²) >= 11 is 0. The van der Waals surface area contributed by atoms with E-state index in [-0.39, 0.29) is 12.5 Å². The van der Waals surface area contributed by atoms with Crippen LogP contribution in [0.1, 0.15) is 31.9 Å². The van der Waals surface area contributed by atoms with E-state index in [9.17, 15) is 14.4 Å². The van der Waals surface area contributed by atoms with E-state index >= 15 is 0 Å². The van der Waals surface area contributed by atoms with Gasteiger partial charge in [-0.05, 0) is 33.3 Å². The highest BCUT2D eigenvalue weighted by atomic mass is 16.2. The van der Waals surface area contributed by atoms with Crippen molar-refractivity contribution in [3.63, 3.8) is 0 Å². The summed E-state index contributed by atoms with van der Waals surface area (Å²) in [6.07, 6.45) is 0. The first-order valence-corrected chi connectivity index (χ1v) is 7.82. The van der Waals surface area contributed by atoms with Gasteiger partial charge >= 0.3 is 6.03 Å². The Balaban J connectivity index is 2.22. The molecule has 23 heavy (non-hydrogen) atoms. The van der Waals surface area contributed by atoms with E-state index in [1.807, 2.05) is 45.0 Å². The van der Waals surface area contributed by atoms with Crippen LogP contribution in [-0.2, 0) is 15.1 Å². The van der Waals surface area contributed by atoms with Gasteiger partial charge < -0.3 is 10.2 Å². The smallest absolute Gasteiger partial charge is 0.325 e. The standard InChI is InChI=1S/C17H23N3O3/c1-5-19(6-2)14(21)11-20-15(22)17(4,18-16(20)23)13-9-7-12(3)8-10-13/h7-10H,5-6,11H2,1-4H3,(H,18,23)/t17-/m0/s1. The quantitative estimate of drug-likeness (QED) is 0.839. The molecular formula is C17H23N3O3. The molecule has 4 amide bonds. The molecule has 1 aromatic rings. The van der Waals surface area contributed by atoms with Crippen molar-refractivity contribution < 1.29 is 14.4 Å². The fraction of sp³-hybridized carbons (Fsp3) is 0.471. The zero-order valence-corrected chi connectivity index (χ0v) is 14.0. The lowest BCUT2D eigenvalue weighted by atomic mass is 9.91. The number of aryl methyl sites for hydroxylation is 1. The van der Waals surface area contributed by atoms with E-state index in [1.54, 1.807) is 11.8 Å². The van der Waals surface area contributed by atoms with E-state index in [0.29, 0.717) is 18.7 Å². The van der Waals surface area contributed by atoms with Crippen LogP contribution in [-0.4, -0.2) is 47.3 Å². The van der Waals surface area contributed by atoms with Crippen LogP contribution in [0.3, 0.4) is 0 Å². The second-order valence-corrected chi connectivity index (χ2v) is 5.88. The summed E-state index contributed by atoms with van der Waals surface area (Å²) < 4.78 is 0. The van der Waals surface area contributed by atoms with Crippen molar-refractivity contribution in [2.45, 2.75) is 33.2 Å². The molecule has 0 radical (unpaired) electrons. The Morgan fingerprint density at radius 3 is 2.26 bits per heavy atom. The van der Waals surface area contributed by atoms with Crippen molar-refractivity contribution in [3.8, 4) is 0 Å². The molecule has 0 saturated carbocycles. The van der Waals surface area contributed by atoms with Gasteiger partial charge in [-0.3, -0.25) is 14.5 Å². The zero-order valence-electron chi connectivity index (χ0n) is 14.0. The van der Waals surface area contributed by atoms with Crippen LogP contribution in [0.5, 0.6) is 0 Å². The van der Waals surface area contributed by atoms with Crippen LogP contribution in [0.25, 0.3) is 0 Å². The highest BCUT2D eigenvalue weighted by Gasteiger charge is 2.49. The molecule has 0 aromatic heterocycles. The maximum absolute atomic E-state index is 12.7. The average Bonchev–Trinajstić information content (AvgIpc) is 2.73. The number of nitrogens with one attached hydrogen (secondary N) is 1. The third-order valence-electron chi connectivity index (χ3n) is 4.31.